The summed E-state index contributed by atoms with van der Waals surface area (Å²) in [5.41, 5.74) is 2.23. The van der Waals surface area contributed by atoms with Crippen molar-refractivity contribution in [1.29, 1.82) is 5.26 Å². The average Bonchev–Trinajstić information content (AvgIpc) is 2.23. The van der Waals surface area contributed by atoms with Crippen LogP contribution in [0.4, 0.5) is 5.82 Å². The molecule has 0 unspecified atom stereocenters. The number of aromatic nitrogens is 1. The van der Waals surface area contributed by atoms with Crippen molar-refractivity contribution in [2.75, 3.05) is 11.9 Å². The minimum absolute atomic E-state index is 0.111. The molecule has 0 aliphatic heterocycles. The molecule has 0 spiro atoms. The predicted octanol–water partition coefficient (Wildman–Crippen LogP) is 1.85. The normalized spacial score (nSPS) is 9.71. The quantitative estimate of drug-likeness (QED) is 0.758. The van der Waals surface area contributed by atoms with Gasteiger partial charge in [-0.1, -0.05) is 0 Å². The van der Waals surface area contributed by atoms with Crippen LogP contribution in [-0.4, -0.2) is 22.6 Å². The van der Waals surface area contributed by atoms with Crippen LogP contribution < -0.4 is 5.32 Å². The Morgan fingerprint density at radius 1 is 1.59 bits per heavy atom. The topological polar surface area (TPSA) is 86.0 Å². The molecule has 0 aliphatic carbocycles. The summed E-state index contributed by atoms with van der Waals surface area (Å²) >= 11 is 0. The van der Waals surface area contributed by atoms with Crippen LogP contribution in [0.1, 0.15) is 29.7 Å². The first-order valence-electron chi connectivity index (χ1n) is 5.38. The highest BCUT2D eigenvalue weighted by atomic mass is 16.4. The molecule has 0 radical (unpaired) electrons. The van der Waals surface area contributed by atoms with E-state index in [4.69, 9.17) is 10.4 Å². The van der Waals surface area contributed by atoms with Crippen LogP contribution in [0.15, 0.2) is 6.07 Å². The monoisotopic (exact) mass is 233 g/mol. The standard InChI is InChI=1S/C12H15N3O2/c1-8-6-9(2)15-12(10(8)7-13)14-5-3-4-11(16)17/h6H,3-5H2,1-2H3,(H,14,15)(H,16,17). The number of nitrogens with zero attached hydrogens (tertiary/aromatic N) is 2. The van der Waals surface area contributed by atoms with Crippen LogP contribution in [0.5, 0.6) is 0 Å². The van der Waals surface area contributed by atoms with E-state index in [0.717, 1.165) is 11.3 Å². The number of carboxylic acid groups (broad SMARTS) is 1. The van der Waals surface area contributed by atoms with Crippen LogP contribution in [0.3, 0.4) is 0 Å². The molecule has 90 valence electrons. The fourth-order valence-corrected chi connectivity index (χ4v) is 1.55. The van der Waals surface area contributed by atoms with Crippen molar-refractivity contribution in [1.82, 2.24) is 4.98 Å². The summed E-state index contributed by atoms with van der Waals surface area (Å²) in [6.45, 7) is 4.21. The fourth-order valence-electron chi connectivity index (χ4n) is 1.55. The lowest BCUT2D eigenvalue weighted by molar-refractivity contribution is -0.137. The van der Waals surface area contributed by atoms with Gasteiger partial charge < -0.3 is 10.4 Å². The smallest absolute Gasteiger partial charge is 0.303 e. The van der Waals surface area contributed by atoms with Crippen molar-refractivity contribution < 1.29 is 9.90 Å². The van der Waals surface area contributed by atoms with Gasteiger partial charge in [0, 0.05) is 18.7 Å². The molecule has 0 saturated heterocycles. The van der Waals surface area contributed by atoms with Crippen molar-refractivity contribution in [3.05, 3.63) is 22.9 Å². The first kappa shape index (κ1) is 13.0. The van der Waals surface area contributed by atoms with Gasteiger partial charge in [-0.05, 0) is 31.9 Å². The second kappa shape index (κ2) is 5.85. The highest BCUT2D eigenvalue weighted by Crippen LogP contribution is 2.17. The molecule has 17 heavy (non-hydrogen) atoms. The third-order valence-corrected chi connectivity index (χ3v) is 2.32. The van der Waals surface area contributed by atoms with Crippen molar-refractivity contribution in [2.24, 2.45) is 0 Å². The number of anilines is 1. The van der Waals surface area contributed by atoms with Gasteiger partial charge in [-0.3, -0.25) is 4.79 Å². The summed E-state index contributed by atoms with van der Waals surface area (Å²) in [4.78, 5) is 14.6. The Balaban J connectivity index is 2.70. The molecule has 0 saturated carbocycles. The van der Waals surface area contributed by atoms with Crippen LogP contribution in [-0.2, 0) is 4.79 Å². The number of nitrogens with one attached hydrogen (secondary N) is 1. The molecule has 0 amide bonds. The maximum atomic E-state index is 10.3. The molecule has 2 N–H and O–H groups in total. The molecule has 1 aromatic heterocycles. The summed E-state index contributed by atoms with van der Waals surface area (Å²) in [6, 6.07) is 3.95. The van der Waals surface area contributed by atoms with Gasteiger partial charge in [0.2, 0.25) is 0 Å². The molecule has 0 fully saturated rings. The molecule has 1 aromatic rings. The number of aryl methyl sites for hydroxylation is 2. The Labute approximate surface area is 100 Å². The second-order valence-corrected chi connectivity index (χ2v) is 3.84. The lowest BCUT2D eigenvalue weighted by Crippen LogP contribution is -2.08. The van der Waals surface area contributed by atoms with E-state index in [1.807, 2.05) is 19.9 Å². The van der Waals surface area contributed by atoms with Gasteiger partial charge in [0.25, 0.3) is 0 Å². The number of pyridine rings is 1. The highest BCUT2D eigenvalue weighted by Gasteiger charge is 2.07. The van der Waals surface area contributed by atoms with Crippen molar-refractivity contribution in [3.63, 3.8) is 0 Å². The second-order valence-electron chi connectivity index (χ2n) is 3.84. The molecule has 1 rings (SSSR count). The summed E-state index contributed by atoms with van der Waals surface area (Å²) < 4.78 is 0. The molecule has 0 bridgehead atoms. The largest absolute Gasteiger partial charge is 0.481 e. The number of rotatable bonds is 5. The molecule has 1 heterocycles. The van der Waals surface area contributed by atoms with Crippen molar-refractivity contribution in [3.8, 4) is 6.07 Å². The minimum Gasteiger partial charge on any atom is -0.481 e. The van der Waals surface area contributed by atoms with E-state index in [9.17, 15) is 4.79 Å². The van der Waals surface area contributed by atoms with Gasteiger partial charge in [-0.25, -0.2) is 4.98 Å². The van der Waals surface area contributed by atoms with E-state index in [0.29, 0.717) is 24.3 Å². The van der Waals surface area contributed by atoms with Gasteiger partial charge in [-0.15, -0.1) is 0 Å². The van der Waals surface area contributed by atoms with E-state index in [1.54, 1.807) is 0 Å². The first-order valence-corrected chi connectivity index (χ1v) is 5.38. The Morgan fingerprint density at radius 2 is 2.29 bits per heavy atom. The summed E-state index contributed by atoms with van der Waals surface area (Å²) in [5.74, 6) is -0.281. The van der Waals surface area contributed by atoms with Gasteiger partial charge in [0.1, 0.15) is 11.9 Å². The first-order chi connectivity index (χ1) is 8.04. The molecule has 0 aliphatic rings. The maximum absolute atomic E-state index is 10.3. The third-order valence-electron chi connectivity index (χ3n) is 2.32. The van der Waals surface area contributed by atoms with E-state index in [-0.39, 0.29) is 6.42 Å². The molecule has 0 aromatic carbocycles. The van der Waals surface area contributed by atoms with Crippen LogP contribution in [0.2, 0.25) is 0 Å². The zero-order valence-electron chi connectivity index (χ0n) is 9.95. The van der Waals surface area contributed by atoms with Gasteiger partial charge in [-0.2, -0.15) is 5.26 Å². The Morgan fingerprint density at radius 3 is 2.88 bits per heavy atom. The average molecular weight is 233 g/mol. The van der Waals surface area contributed by atoms with E-state index >= 15 is 0 Å². The zero-order chi connectivity index (χ0) is 12.8. The van der Waals surface area contributed by atoms with Gasteiger partial charge >= 0.3 is 5.97 Å². The van der Waals surface area contributed by atoms with Gasteiger partial charge in [0.15, 0.2) is 0 Å². The van der Waals surface area contributed by atoms with Crippen molar-refractivity contribution in [2.45, 2.75) is 26.7 Å². The SMILES string of the molecule is Cc1cc(C)c(C#N)c(NCCCC(=O)O)n1. The Hall–Kier alpha value is -2.09. The zero-order valence-corrected chi connectivity index (χ0v) is 9.95. The Kier molecular flexibility index (Phi) is 4.46. The molecule has 5 heteroatoms. The Bertz CT molecular complexity index is 464. The predicted molar refractivity (Wildman–Crippen MR) is 63.8 cm³/mol. The number of hydrogen-bond acceptors (Lipinski definition) is 4. The highest BCUT2D eigenvalue weighted by molar-refractivity contribution is 5.66. The van der Waals surface area contributed by atoms with E-state index in [1.165, 1.54) is 0 Å². The molecule has 0 atom stereocenters. The van der Waals surface area contributed by atoms with Crippen LogP contribution in [0, 0.1) is 25.2 Å². The third kappa shape index (κ3) is 3.76. The number of nitriles is 1. The molecular formula is C12H15N3O2. The van der Waals surface area contributed by atoms with E-state index in [2.05, 4.69) is 16.4 Å². The summed E-state index contributed by atoms with van der Waals surface area (Å²) in [7, 11) is 0. The number of aliphatic carboxylic acids is 1. The summed E-state index contributed by atoms with van der Waals surface area (Å²) in [5, 5.41) is 20.5. The number of carboxylic acids is 1. The van der Waals surface area contributed by atoms with Gasteiger partial charge in [0.05, 0.1) is 5.56 Å². The summed E-state index contributed by atoms with van der Waals surface area (Å²) in [6.07, 6.45) is 0.620. The molecule has 5 nitrogen and oxygen atoms in total. The van der Waals surface area contributed by atoms with Crippen LogP contribution >= 0.6 is 0 Å². The molecular weight excluding hydrogens is 218 g/mol. The lowest BCUT2D eigenvalue weighted by Gasteiger charge is -2.09. The van der Waals surface area contributed by atoms with Crippen LogP contribution in [0.25, 0.3) is 0 Å². The lowest BCUT2D eigenvalue weighted by atomic mass is 10.1. The van der Waals surface area contributed by atoms with E-state index < -0.39 is 5.97 Å². The fraction of sp³-hybridized carbons (Fsp3) is 0.417. The number of carbonyl (C=O) groups is 1. The van der Waals surface area contributed by atoms with Crippen molar-refractivity contribution >= 4 is 11.8 Å². The number of hydrogen-bond donors (Lipinski definition) is 2. The minimum atomic E-state index is -0.819. The maximum Gasteiger partial charge on any atom is 0.303 e.